The number of allylic oxidation sites excluding steroid dienone is 3. The quantitative estimate of drug-likeness (QED) is 0.687. The predicted molar refractivity (Wildman–Crippen MR) is 116 cm³/mol. The van der Waals surface area contributed by atoms with Crippen LogP contribution in [0, 0.1) is 5.92 Å². The van der Waals surface area contributed by atoms with Crippen LogP contribution in [-0.4, -0.2) is 39.0 Å². The summed E-state index contributed by atoms with van der Waals surface area (Å²) in [6, 6.07) is 6.45. The lowest BCUT2D eigenvalue weighted by Crippen LogP contribution is -2.31. The van der Waals surface area contributed by atoms with Crippen LogP contribution in [-0.2, 0) is 0 Å². The highest BCUT2D eigenvalue weighted by Crippen LogP contribution is 2.27. The van der Waals surface area contributed by atoms with Crippen molar-refractivity contribution in [2.24, 2.45) is 15.9 Å². The van der Waals surface area contributed by atoms with E-state index in [0.29, 0.717) is 16.8 Å². The van der Waals surface area contributed by atoms with Gasteiger partial charge in [0.05, 0.1) is 29.6 Å². The maximum atomic E-state index is 12.8. The fourth-order valence-electron chi connectivity index (χ4n) is 3.48. The molecule has 150 valence electrons. The van der Waals surface area contributed by atoms with Gasteiger partial charge in [-0.2, -0.15) is 0 Å². The number of aliphatic imine (C=N–C) groups is 2. The molecule has 0 amide bonds. The van der Waals surface area contributed by atoms with Gasteiger partial charge in [-0.05, 0) is 49.3 Å². The standard InChI is InChI=1S/C24H22N4O2/c1-15-9-19-20(10-16(15)2)28-22(12-24(30)18-6-4-8-26-14-18)21(27-19)11-23(29)17-5-3-7-25-13-17/h3-10,13-15,22H,11-12H2,1-2H3. The summed E-state index contributed by atoms with van der Waals surface area (Å²) in [6.45, 7) is 4.16. The molecule has 0 aromatic carbocycles. The summed E-state index contributed by atoms with van der Waals surface area (Å²) >= 11 is 0. The molecule has 6 nitrogen and oxygen atoms in total. The molecule has 2 aromatic rings. The molecule has 2 aromatic heterocycles. The fourth-order valence-corrected chi connectivity index (χ4v) is 3.48. The summed E-state index contributed by atoms with van der Waals surface area (Å²) in [7, 11) is 0. The molecule has 1 aliphatic carbocycles. The average Bonchev–Trinajstić information content (AvgIpc) is 2.76. The Balaban J connectivity index is 1.64. The zero-order valence-electron chi connectivity index (χ0n) is 16.9. The van der Waals surface area contributed by atoms with E-state index in [9.17, 15) is 9.59 Å². The highest BCUT2D eigenvalue weighted by atomic mass is 16.1. The summed E-state index contributed by atoms with van der Waals surface area (Å²) in [6.07, 6.45) is 10.7. The lowest BCUT2D eigenvalue weighted by atomic mass is 9.90. The SMILES string of the molecule is CC1=CC2=NC(CC(=O)c3cccnc3)C(CC(=O)c3cccnc3)=NC2=CC1C. The van der Waals surface area contributed by atoms with Gasteiger partial charge < -0.3 is 0 Å². The molecule has 0 saturated carbocycles. The number of nitrogens with zero attached hydrogens (tertiary/aromatic N) is 4. The van der Waals surface area contributed by atoms with Crippen molar-refractivity contribution in [3.8, 4) is 0 Å². The van der Waals surface area contributed by atoms with Gasteiger partial charge in [0, 0.05) is 42.3 Å². The third-order valence-corrected chi connectivity index (χ3v) is 5.38. The molecule has 0 radical (unpaired) electrons. The van der Waals surface area contributed by atoms with Gasteiger partial charge in [0.15, 0.2) is 11.6 Å². The van der Waals surface area contributed by atoms with Crippen LogP contribution in [0.25, 0.3) is 0 Å². The van der Waals surface area contributed by atoms with E-state index in [1.54, 1.807) is 49.1 Å². The van der Waals surface area contributed by atoms with Crippen molar-refractivity contribution >= 4 is 23.0 Å². The predicted octanol–water partition coefficient (Wildman–Crippen LogP) is 4.07. The van der Waals surface area contributed by atoms with Crippen LogP contribution in [0.1, 0.15) is 47.4 Å². The van der Waals surface area contributed by atoms with Crippen LogP contribution < -0.4 is 0 Å². The summed E-state index contributed by atoms with van der Waals surface area (Å²) in [5.41, 5.74) is 4.39. The van der Waals surface area contributed by atoms with Gasteiger partial charge in [-0.15, -0.1) is 0 Å². The fraction of sp³-hybridized carbons (Fsp3) is 0.250. The molecule has 2 atom stereocenters. The number of aromatic nitrogens is 2. The van der Waals surface area contributed by atoms with Crippen molar-refractivity contribution in [1.82, 2.24) is 9.97 Å². The van der Waals surface area contributed by atoms with Crippen molar-refractivity contribution in [1.29, 1.82) is 0 Å². The molecule has 0 N–H and O–H groups in total. The van der Waals surface area contributed by atoms with Gasteiger partial charge in [-0.3, -0.25) is 29.5 Å². The maximum absolute atomic E-state index is 12.8. The average molecular weight is 398 g/mol. The number of carbonyl (C=O) groups excluding carboxylic acids is 2. The second kappa shape index (κ2) is 8.45. The van der Waals surface area contributed by atoms with E-state index in [4.69, 9.17) is 9.98 Å². The second-order valence-corrected chi connectivity index (χ2v) is 7.57. The monoisotopic (exact) mass is 398 g/mol. The van der Waals surface area contributed by atoms with Gasteiger partial charge >= 0.3 is 0 Å². The minimum absolute atomic E-state index is 0.0729. The van der Waals surface area contributed by atoms with Crippen molar-refractivity contribution in [3.63, 3.8) is 0 Å². The van der Waals surface area contributed by atoms with Crippen molar-refractivity contribution in [2.75, 3.05) is 0 Å². The first-order valence-electron chi connectivity index (χ1n) is 9.93. The molecule has 3 heterocycles. The Hall–Kier alpha value is -3.54. The highest BCUT2D eigenvalue weighted by Gasteiger charge is 2.29. The van der Waals surface area contributed by atoms with Crippen LogP contribution in [0.4, 0.5) is 0 Å². The minimum Gasteiger partial charge on any atom is -0.294 e. The van der Waals surface area contributed by atoms with E-state index in [0.717, 1.165) is 11.4 Å². The molecule has 1 aliphatic heterocycles. The smallest absolute Gasteiger partial charge is 0.170 e. The lowest BCUT2D eigenvalue weighted by molar-refractivity contribution is 0.0971. The van der Waals surface area contributed by atoms with Gasteiger partial charge in [-0.25, -0.2) is 0 Å². The molecule has 6 heteroatoms. The first-order valence-corrected chi connectivity index (χ1v) is 9.93. The number of Topliss-reactive ketones (excluding diaryl/α,β-unsaturated/α-hetero) is 2. The summed E-state index contributed by atoms with van der Waals surface area (Å²) in [4.78, 5) is 43.2. The van der Waals surface area contributed by atoms with E-state index in [1.165, 1.54) is 5.57 Å². The van der Waals surface area contributed by atoms with Crippen LogP contribution in [0.5, 0.6) is 0 Å². The molecule has 30 heavy (non-hydrogen) atoms. The number of hydrogen-bond donors (Lipinski definition) is 0. The molecular formula is C24H22N4O2. The molecule has 0 saturated heterocycles. The Morgan fingerprint density at radius 2 is 1.67 bits per heavy atom. The third kappa shape index (κ3) is 4.22. The number of pyridine rings is 2. The Morgan fingerprint density at radius 3 is 2.30 bits per heavy atom. The van der Waals surface area contributed by atoms with Crippen molar-refractivity contribution in [2.45, 2.75) is 32.7 Å². The van der Waals surface area contributed by atoms with Crippen LogP contribution in [0.2, 0.25) is 0 Å². The van der Waals surface area contributed by atoms with E-state index in [-0.39, 0.29) is 30.3 Å². The molecule has 4 rings (SSSR count). The molecule has 0 fully saturated rings. The topological polar surface area (TPSA) is 84.6 Å². The van der Waals surface area contributed by atoms with Gasteiger partial charge in [0.2, 0.25) is 0 Å². The van der Waals surface area contributed by atoms with Crippen LogP contribution in [0.3, 0.4) is 0 Å². The summed E-state index contributed by atoms with van der Waals surface area (Å²) < 4.78 is 0. The number of ketones is 2. The van der Waals surface area contributed by atoms with Crippen molar-refractivity contribution < 1.29 is 9.59 Å². The largest absolute Gasteiger partial charge is 0.294 e. The molecule has 2 aliphatic rings. The molecule has 0 bridgehead atoms. The van der Waals surface area contributed by atoms with E-state index < -0.39 is 6.04 Å². The number of carbonyl (C=O) groups is 2. The van der Waals surface area contributed by atoms with E-state index in [2.05, 4.69) is 29.9 Å². The Kier molecular flexibility index (Phi) is 5.57. The molecular weight excluding hydrogens is 376 g/mol. The first-order chi connectivity index (χ1) is 14.5. The van der Waals surface area contributed by atoms with Crippen molar-refractivity contribution in [3.05, 3.63) is 83.6 Å². The minimum atomic E-state index is -0.483. The lowest BCUT2D eigenvalue weighted by Gasteiger charge is -2.25. The number of rotatable bonds is 6. The van der Waals surface area contributed by atoms with Gasteiger partial charge in [-0.1, -0.05) is 12.5 Å². The van der Waals surface area contributed by atoms with Gasteiger partial charge in [0.25, 0.3) is 0 Å². The highest BCUT2D eigenvalue weighted by molar-refractivity contribution is 6.19. The zero-order chi connectivity index (χ0) is 21.1. The Labute approximate surface area is 175 Å². The Morgan fingerprint density at radius 1 is 1.00 bits per heavy atom. The Bertz CT molecular complexity index is 1100. The number of fused-ring (bicyclic) bond motifs is 1. The molecule has 2 unspecified atom stereocenters. The van der Waals surface area contributed by atoms with E-state index in [1.807, 2.05) is 6.08 Å². The summed E-state index contributed by atoms with van der Waals surface area (Å²) in [5, 5.41) is 0. The normalized spacial score (nSPS) is 20.3. The first kappa shape index (κ1) is 19.8. The van der Waals surface area contributed by atoms with Crippen LogP contribution in [0.15, 0.2) is 82.5 Å². The summed E-state index contributed by atoms with van der Waals surface area (Å²) in [5.74, 6) is 0.0957. The third-order valence-electron chi connectivity index (χ3n) is 5.38. The van der Waals surface area contributed by atoms with Crippen LogP contribution >= 0.6 is 0 Å². The maximum Gasteiger partial charge on any atom is 0.170 e. The van der Waals surface area contributed by atoms with Gasteiger partial charge in [0.1, 0.15) is 0 Å². The second-order valence-electron chi connectivity index (χ2n) is 7.57. The van der Waals surface area contributed by atoms with E-state index >= 15 is 0 Å². The zero-order valence-corrected chi connectivity index (χ0v) is 16.9. The number of hydrogen-bond acceptors (Lipinski definition) is 6. The molecule has 0 spiro atoms.